The van der Waals surface area contributed by atoms with Gasteiger partial charge in [-0.2, -0.15) is 0 Å². The summed E-state index contributed by atoms with van der Waals surface area (Å²) in [7, 11) is 0. The molecular weight excluding hydrogens is 373 g/mol. The summed E-state index contributed by atoms with van der Waals surface area (Å²) in [6.45, 7) is 0. The molecule has 0 aliphatic heterocycles. The van der Waals surface area contributed by atoms with Crippen LogP contribution in [0.2, 0.25) is 0 Å². The monoisotopic (exact) mass is 378 g/mol. The SMILES string of the molecule is O=C[C@H]1C[C@H]2[C@H]3[C@@H]1[C@]1(Cl)C(Cl)(Cl)[C@@]3(Cl)[C@]3(Cl)[C@H]2[C@@]31Cl. The molecule has 19 heavy (non-hydrogen) atoms. The van der Waals surface area contributed by atoms with Gasteiger partial charge in [-0.15, -0.1) is 46.4 Å². The largest absolute Gasteiger partial charge is 0.303 e. The molecule has 2 bridgehead atoms. The van der Waals surface area contributed by atoms with E-state index in [1.54, 1.807) is 0 Å². The summed E-state index contributed by atoms with van der Waals surface area (Å²) < 4.78 is -1.41. The van der Waals surface area contributed by atoms with Crippen molar-refractivity contribution in [1.82, 2.24) is 0 Å². The third-order valence-corrected chi connectivity index (χ3v) is 11.9. The van der Waals surface area contributed by atoms with Crippen LogP contribution in [0, 0.1) is 29.6 Å². The minimum absolute atomic E-state index is 0.00941. The predicted octanol–water partition coefficient (Wildman–Crippen LogP) is 3.81. The summed E-state index contributed by atoms with van der Waals surface area (Å²) >= 11 is 40.4. The van der Waals surface area contributed by atoms with Gasteiger partial charge in [0.15, 0.2) is 4.33 Å². The lowest BCUT2D eigenvalue weighted by molar-refractivity contribution is -0.112. The topological polar surface area (TPSA) is 17.1 Å². The lowest BCUT2D eigenvalue weighted by atomic mass is 9.73. The van der Waals surface area contributed by atoms with Gasteiger partial charge in [0, 0.05) is 11.8 Å². The van der Waals surface area contributed by atoms with Crippen molar-refractivity contribution in [3.63, 3.8) is 0 Å². The first-order chi connectivity index (χ1) is 8.67. The third kappa shape index (κ3) is 0.720. The Balaban J connectivity index is 1.89. The molecule has 5 aliphatic carbocycles. The molecule has 1 nitrogen and oxygen atoms in total. The number of hydrogen-bond donors (Lipinski definition) is 0. The molecule has 0 saturated heterocycles. The highest BCUT2D eigenvalue weighted by molar-refractivity contribution is 6.66. The standard InChI is InChI=1S/C12H8Cl6O/c13-8-5-3(2-19)1-4-6(5)9(14,12(8,17)18)11(16)7(4)10(8,11)15/h2-7H,1H2/t3-,4+,5-,6+,7-,8-,9+,10+,11-/m1/s1. The Morgan fingerprint density at radius 1 is 0.842 bits per heavy atom. The molecule has 0 aromatic carbocycles. The van der Waals surface area contributed by atoms with Crippen molar-refractivity contribution in [3.8, 4) is 0 Å². The van der Waals surface area contributed by atoms with Crippen LogP contribution in [0.5, 0.6) is 0 Å². The van der Waals surface area contributed by atoms with Gasteiger partial charge in [0.2, 0.25) is 0 Å². The minimum atomic E-state index is -1.41. The third-order valence-electron chi connectivity index (χ3n) is 6.65. The van der Waals surface area contributed by atoms with E-state index in [-0.39, 0.29) is 29.6 Å². The smallest absolute Gasteiger partial charge is 0.160 e. The van der Waals surface area contributed by atoms with E-state index in [0.29, 0.717) is 0 Å². The predicted molar refractivity (Wildman–Crippen MR) is 76.9 cm³/mol. The second-order valence-corrected chi connectivity index (χ2v) is 10.4. The lowest BCUT2D eigenvalue weighted by Gasteiger charge is -2.42. The van der Waals surface area contributed by atoms with Gasteiger partial charge in [-0.1, -0.05) is 23.2 Å². The van der Waals surface area contributed by atoms with Crippen molar-refractivity contribution in [3.05, 3.63) is 0 Å². The number of halogens is 6. The summed E-state index contributed by atoms with van der Waals surface area (Å²) in [5, 5.41) is 0. The van der Waals surface area contributed by atoms with Gasteiger partial charge in [-0.3, -0.25) is 0 Å². The molecule has 0 unspecified atom stereocenters. The number of fused-ring (bicyclic) bond motifs is 5. The van der Waals surface area contributed by atoms with Crippen molar-refractivity contribution in [2.75, 3.05) is 0 Å². The van der Waals surface area contributed by atoms with Crippen LogP contribution in [0.1, 0.15) is 6.42 Å². The summed E-state index contributed by atoms with van der Waals surface area (Å²) in [5.74, 6) is -0.143. The van der Waals surface area contributed by atoms with Gasteiger partial charge in [0.25, 0.3) is 0 Å². The molecule has 0 amide bonds. The fourth-order valence-corrected chi connectivity index (χ4v) is 10.9. The van der Waals surface area contributed by atoms with Gasteiger partial charge >= 0.3 is 0 Å². The zero-order chi connectivity index (χ0) is 13.8. The Kier molecular flexibility index (Phi) is 1.91. The first-order valence-electron chi connectivity index (χ1n) is 6.26. The summed E-state index contributed by atoms with van der Waals surface area (Å²) in [5.41, 5.74) is 0. The van der Waals surface area contributed by atoms with Gasteiger partial charge in [0.1, 0.15) is 16.0 Å². The number of alkyl halides is 6. The van der Waals surface area contributed by atoms with Gasteiger partial charge in [-0.25, -0.2) is 0 Å². The molecule has 0 N–H and O–H groups in total. The van der Waals surface area contributed by atoms with Crippen LogP contribution in [0.15, 0.2) is 0 Å². The summed E-state index contributed by atoms with van der Waals surface area (Å²) in [6, 6.07) is 0. The van der Waals surface area contributed by atoms with E-state index < -0.39 is 23.8 Å². The number of rotatable bonds is 1. The van der Waals surface area contributed by atoms with Crippen LogP contribution in [0.3, 0.4) is 0 Å². The van der Waals surface area contributed by atoms with Crippen LogP contribution >= 0.6 is 69.6 Å². The van der Waals surface area contributed by atoms with Crippen LogP contribution < -0.4 is 0 Å². The van der Waals surface area contributed by atoms with E-state index in [1.807, 2.05) is 0 Å². The maximum absolute atomic E-state index is 11.4. The molecular formula is C12H8Cl6O. The van der Waals surface area contributed by atoms with E-state index in [9.17, 15) is 4.79 Å². The molecule has 0 radical (unpaired) electrons. The number of carbonyl (C=O) groups excluding carboxylic acids is 1. The first-order valence-corrected chi connectivity index (χ1v) is 8.53. The summed E-state index contributed by atoms with van der Waals surface area (Å²) in [4.78, 5) is 7.49. The normalized spacial score (nSPS) is 76.6. The fraction of sp³-hybridized carbons (Fsp3) is 0.917. The zero-order valence-electron chi connectivity index (χ0n) is 9.35. The van der Waals surface area contributed by atoms with Crippen molar-refractivity contribution in [2.45, 2.75) is 30.3 Å². The second-order valence-electron chi connectivity index (χ2n) is 6.65. The minimum Gasteiger partial charge on any atom is -0.303 e. The van der Waals surface area contributed by atoms with Crippen molar-refractivity contribution in [2.24, 2.45) is 29.6 Å². The zero-order valence-corrected chi connectivity index (χ0v) is 13.9. The van der Waals surface area contributed by atoms with E-state index in [1.165, 1.54) is 0 Å². The molecule has 0 aromatic rings. The fourth-order valence-electron chi connectivity index (χ4n) is 6.34. The molecule has 0 heterocycles. The highest BCUT2D eigenvalue weighted by Crippen LogP contribution is 3.01. The lowest BCUT2D eigenvalue weighted by Crippen LogP contribution is -2.53. The summed E-state index contributed by atoms with van der Waals surface area (Å²) in [6.07, 6.45) is 1.70. The van der Waals surface area contributed by atoms with Gasteiger partial charge < -0.3 is 4.79 Å². The molecule has 0 spiro atoms. The van der Waals surface area contributed by atoms with E-state index in [4.69, 9.17) is 69.6 Å². The molecule has 7 heteroatoms. The first kappa shape index (κ1) is 12.9. The Bertz CT molecular complexity index is 566. The van der Waals surface area contributed by atoms with E-state index in [0.717, 1.165) is 12.7 Å². The number of hydrogen-bond acceptors (Lipinski definition) is 1. The Hall–Kier alpha value is 1.41. The van der Waals surface area contributed by atoms with Crippen molar-refractivity contribution < 1.29 is 4.79 Å². The maximum atomic E-state index is 11.4. The van der Waals surface area contributed by atoms with E-state index >= 15 is 0 Å². The van der Waals surface area contributed by atoms with Crippen molar-refractivity contribution in [1.29, 1.82) is 0 Å². The molecule has 5 rings (SSSR count). The maximum Gasteiger partial charge on any atom is 0.160 e. The molecule has 5 aliphatic rings. The van der Waals surface area contributed by atoms with Gasteiger partial charge in [0.05, 0.1) is 9.75 Å². The van der Waals surface area contributed by atoms with Crippen LogP contribution in [0.25, 0.3) is 0 Å². The second kappa shape index (κ2) is 2.81. The Morgan fingerprint density at radius 2 is 1.37 bits per heavy atom. The quantitative estimate of drug-likeness (QED) is 0.499. The molecule has 104 valence electrons. The van der Waals surface area contributed by atoms with Crippen LogP contribution in [-0.4, -0.2) is 30.1 Å². The van der Waals surface area contributed by atoms with Crippen molar-refractivity contribution >= 4 is 75.9 Å². The average molecular weight is 381 g/mol. The number of carbonyl (C=O) groups is 1. The van der Waals surface area contributed by atoms with Crippen LogP contribution in [-0.2, 0) is 4.79 Å². The highest BCUT2D eigenvalue weighted by atomic mass is 35.5. The average Bonchev–Trinajstić information content (AvgIpc) is 2.59. The molecule has 0 aromatic heterocycles. The Labute approximate surface area is 140 Å². The molecule has 9 atom stereocenters. The number of aldehydes is 1. The Morgan fingerprint density at radius 3 is 1.84 bits per heavy atom. The van der Waals surface area contributed by atoms with Crippen LogP contribution in [0.4, 0.5) is 0 Å². The molecule has 5 fully saturated rings. The molecule has 5 saturated carbocycles. The van der Waals surface area contributed by atoms with Gasteiger partial charge in [-0.05, 0) is 24.2 Å². The van der Waals surface area contributed by atoms with E-state index in [2.05, 4.69) is 0 Å². The highest BCUT2D eigenvalue weighted by Gasteiger charge is 3.12.